The Morgan fingerprint density at radius 3 is 3.06 bits per heavy atom. The molecule has 0 radical (unpaired) electrons. The van der Waals surface area contributed by atoms with Crippen molar-refractivity contribution in [1.82, 2.24) is 19.5 Å². The Morgan fingerprint density at radius 1 is 1.53 bits per heavy atom. The van der Waals surface area contributed by atoms with Crippen LogP contribution in [0.2, 0.25) is 0 Å². The molecular formula is C11H14N4OS. The summed E-state index contributed by atoms with van der Waals surface area (Å²) in [6.07, 6.45) is 6.52. The van der Waals surface area contributed by atoms with Crippen LogP contribution in [0, 0.1) is 4.77 Å². The molecule has 0 saturated heterocycles. The van der Waals surface area contributed by atoms with Crippen LogP contribution in [0.5, 0.6) is 5.88 Å². The maximum atomic E-state index is 5.27. The number of hydrogen-bond acceptors (Lipinski definition) is 4. The van der Waals surface area contributed by atoms with Gasteiger partial charge in [0.1, 0.15) is 11.8 Å². The highest BCUT2D eigenvalue weighted by Gasteiger charge is 2.10. The number of aromatic nitrogens is 4. The minimum atomic E-state index is 0.519. The van der Waals surface area contributed by atoms with Crippen molar-refractivity contribution in [3.05, 3.63) is 23.3 Å². The van der Waals surface area contributed by atoms with Crippen LogP contribution in [0.4, 0.5) is 0 Å². The van der Waals surface area contributed by atoms with Gasteiger partial charge >= 0.3 is 0 Å². The van der Waals surface area contributed by atoms with E-state index < -0.39 is 0 Å². The zero-order chi connectivity index (χ0) is 12.3. The second-order valence-electron chi connectivity index (χ2n) is 3.52. The van der Waals surface area contributed by atoms with Crippen molar-refractivity contribution in [1.29, 1.82) is 0 Å². The SMILES string of the molecule is C/C=C/CCn1c(=S)[nH]c2c(OC)ncnc21. The monoisotopic (exact) mass is 250 g/mol. The minimum Gasteiger partial charge on any atom is -0.479 e. The van der Waals surface area contributed by atoms with E-state index in [1.165, 1.54) is 6.33 Å². The van der Waals surface area contributed by atoms with Crippen molar-refractivity contribution in [3.8, 4) is 5.88 Å². The largest absolute Gasteiger partial charge is 0.479 e. The van der Waals surface area contributed by atoms with Crippen LogP contribution in [-0.4, -0.2) is 26.6 Å². The summed E-state index contributed by atoms with van der Waals surface area (Å²) in [6, 6.07) is 0. The average Bonchev–Trinajstić information content (AvgIpc) is 2.66. The number of ether oxygens (including phenoxy) is 1. The van der Waals surface area contributed by atoms with Gasteiger partial charge in [0.25, 0.3) is 0 Å². The predicted octanol–water partition coefficient (Wildman–Crippen LogP) is 2.46. The van der Waals surface area contributed by atoms with E-state index in [4.69, 9.17) is 17.0 Å². The zero-order valence-electron chi connectivity index (χ0n) is 9.80. The maximum absolute atomic E-state index is 5.27. The molecule has 0 saturated carbocycles. The number of aryl methyl sites for hydroxylation is 1. The Morgan fingerprint density at radius 2 is 2.35 bits per heavy atom. The fraction of sp³-hybridized carbons (Fsp3) is 0.364. The topological polar surface area (TPSA) is 55.7 Å². The second-order valence-corrected chi connectivity index (χ2v) is 3.91. The quantitative estimate of drug-likeness (QED) is 0.669. The third-order valence-electron chi connectivity index (χ3n) is 2.47. The Bertz CT molecular complexity index is 599. The third kappa shape index (κ3) is 2.21. The molecule has 0 fully saturated rings. The number of methoxy groups -OCH3 is 1. The molecule has 0 amide bonds. The number of allylic oxidation sites excluding steroid dienone is 2. The highest BCUT2D eigenvalue weighted by atomic mass is 32.1. The molecule has 17 heavy (non-hydrogen) atoms. The summed E-state index contributed by atoms with van der Waals surface area (Å²) in [4.78, 5) is 11.4. The van der Waals surface area contributed by atoms with Gasteiger partial charge in [-0.15, -0.1) is 0 Å². The normalized spacial score (nSPS) is 11.4. The van der Waals surface area contributed by atoms with Gasteiger partial charge in [0.15, 0.2) is 10.4 Å². The number of H-pyrrole nitrogens is 1. The molecule has 0 atom stereocenters. The summed E-state index contributed by atoms with van der Waals surface area (Å²) in [5.41, 5.74) is 1.53. The van der Waals surface area contributed by atoms with Gasteiger partial charge in [-0.1, -0.05) is 12.2 Å². The van der Waals surface area contributed by atoms with E-state index in [0.29, 0.717) is 10.7 Å². The number of aromatic amines is 1. The molecule has 0 bridgehead atoms. The molecule has 0 unspecified atom stereocenters. The van der Waals surface area contributed by atoms with Crippen molar-refractivity contribution < 1.29 is 4.74 Å². The molecule has 90 valence electrons. The molecule has 2 aromatic heterocycles. The van der Waals surface area contributed by atoms with E-state index in [2.05, 4.69) is 21.0 Å². The lowest BCUT2D eigenvalue weighted by Crippen LogP contribution is -1.99. The highest BCUT2D eigenvalue weighted by molar-refractivity contribution is 7.71. The first-order valence-electron chi connectivity index (χ1n) is 5.36. The Hall–Kier alpha value is -1.69. The second kappa shape index (κ2) is 5.09. The molecule has 1 N–H and O–H groups in total. The molecule has 2 rings (SSSR count). The van der Waals surface area contributed by atoms with Crippen LogP contribution >= 0.6 is 12.2 Å². The maximum Gasteiger partial charge on any atom is 0.242 e. The Balaban J connectivity index is 2.48. The molecule has 0 aliphatic carbocycles. The molecular weight excluding hydrogens is 236 g/mol. The van der Waals surface area contributed by atoms with E-state index in [1.807, 2.05) is 17.6 Å². The number of nitrogens with zero attached hydrogens (tertiary/aromatic N) is 3. The van der Waals surface area contributed by atoms with Crippen LogP contribution in [0.1, 0.15) is 13.3 Å². The lowest BCUT2D eigenvalue weighted by Gasteiger charge is -2.01. The summed E-state index contributed by atoms with van der Waals surface area (Å²) in [5.74, 6) is 0.519. The van der Waals surface area contributed by atoms with Crippen molar-refractivity contribution >= 4 is 23.4 Å². The Kier molecular flexibility index (Phi) is 3.53. The van der Waals surface area contributed by atoms with Crippen molar-refractivity contribution in [3.63, 3.8) is 0 Å². The van der Waals surface area contributed by atoms with Gasteiger partial charge in [-0.3, -0.25) is 0 Å². The number of nitrogens with one attached hydrogen (secondary N) is 1. The minimum absolute atomic E-state index is 0.519. The van der Waals surface area contributed by atoms with Gasteiger partial charge in [0.2, 0.25) is 5.88 Å². The fourth-order valence-corrected chi connectivity index (χ4v) is 1.96. The molecule has 2 aromatic rings. The van der Waals surface area contributed by atoms with Gasteiger partial charge in [0, 0.05) is 6.54 Å². The number of rotatable bonds is 4. The number of fused-ring (bicyclic) bond motifs is 1. The van der Waals surface area contributed by atoms with Crippen molar-refractivity contribution in [2.45, 2.75) is 19.9 Å². The first kappa shape index (κ1) is 11.8. The first-order chi connectivity index (χ1) is 8.27. The smallest absolute Gasteiger partial charge is 0.242 e. The van der Waals surface area contributed by atoms with Crippen molar-refractivity contribution in [2.24, 2.45) is 0 Å². The molecule has 0 aliphatic heterocycles. The van der Waals surface area contributed by atoms with Gasteiger partial charge in [0.05, 0.1) is 7.11 Å². The van der Waals surface area contributed by atoms with Gasteiger partial charge < -0.3 is 14.3 Å². The Labute approximate surface area is 104 Å². The summed E-state index contributed by atoms with van der Waals surface area (Å²) in [7, 11) is 1.58. The lowest BCUT2D eigenvalue weighted by molar-refractivity contribution is 0.401. The molecule has 0 spiro atoms. The van der Waals surface area contributed by atoms with Crippen LogP contribution in [0.3, 0.4) is 0 Å². The third-order valence-corrected chi connectivity index (χ3v) is 2.80. The fourth-order valence-electron chi connectivity index (χ4n) is 1.68. The van der Waals surface area contributed by atoms with Gasteiger partial charge in [-0.2, -0.15) is 4.98 Å². The standard InChI is InChI=1S/C11H14N4OS/c1-3-4-5-6-15-9-8(14-11(15)17)10(16-2)13-7-12-9/h3-4,7H,5-6H2,1-2H3,(H,14,17)/b4-3+. The summed E-state index contributed by atoms with van der Waals surface area (Å²) in [5, 5.41) is 0. The predicted molar refractivity (Wildman–Crippen MR) is 68.7 cm³/mol. The molecule has 5 nitrogen and oxygen atoms in total. The van der Waals surface area contributed by atoms with E-state index in [1.54, 1.807) is 7.11 Å². The molecule has 6 heteroatoms. The summed E-state index contributed by atoms with van der Waals surface area (Å²) in [6.45, 7) is 2.79. The zero-order valence-corrected chi connectivity index (χ0v) is 10.6. The van der Waals surface area contributed by atoms with Crippen molar-refractivity contribution in [2.75, 3.05) is 7.11 Å². The molecule has 0 aliphatic rings. The van der Waals surface area contributed by atoms with E-state index in [0.717, 1.165) is 24.1 Å². The van der Waals surface area contributed by atoms with E-state index in [-0.39, 0.29) is 0 Å². The number of imidazole rings is 1. The van der Waals surface area contributed by atoms with E-state index in [9.17, 15) is 0 Å². The van der Waals surface area contributed by atoms with Crippen LogP contribution in [0.25, 0.3) is 11.2 Å². The molecule has 2 heterocycles. The first-order valence-corrected chi connectivity index (χ1v) is 5.77. The lowest BCUT2D eigenvalue weighted by atomic mass is 10.4. The van der Waals surface area contributed by atoms with Crippen LogP contribution < -0.4 is 4.74 Å². The van der Waals surface area contributed by atoms with Crippen LogP contribution in [-0.2, 0) is 6.54 Å². The summed E-state index contributed by atoms with van der Waals surface area (Å²) < 4.78 is 7.76. The van der Waals surface area contributed by atoms with Crippen LogP contribution in [0.15, 0.2) is 18.5 Å². The number of hydrogen-bond donors (Lipinski definition) is 1. The highest BCUT2D eigenvalue weighted by Crippen LogP contribution is 2.20. The summed E-state index contributed by atoms with van der Waals surface area (Å²) >= 11 is 5.27. The molecule has 0 aromatic carbocycles. The van der Waals surface area contributed by atoms with Gasteiger partial charge in [-0.25, -0.2) is 4.98 Å². The van der Waals surface area contributed by atoms with Gasteiger partial charge in [-0.05, 0) is 25.6 Å². The average molecular weight is 250 g/mol. The van der Waals surface area contributed by atoms with E-state index >= 15 is 0 Å².